The Morgan fingerprint density at radius 1 is 1.17 bits per heavy atom. The Kier molecular flexibility index (Phi) is 5.67. The van der Waals surface area contributed by atoms with Crippen LogP contribution in [0.15, 0.2) is 53.3 Å². The minimum atomic E-state index is -0.225. The molecular weight excluding hydrogens is 444 g/mol. The van der Waals surface area contributed by atoms with E-state index in [0.29, 0.717) is 11.3 Å². The maximum Gasteiger partial charge on any atom is 0.272 e. The minimum absolute atomic E-state index is 0.0789. The summed E-state index contributed by atoms with van der Waals surface area (Å²) in [4.78, 5) is 17.3. The second kappa shape index (κ2) is 8.39. The number of carbonyl (C=O) groups is 1. The molecule has 0 saturated heterocycles. The third kappa shape index (κ3) is 3.87. The van der Waals surface area contributed by atoms with E-state index in [1.165, 1.54) is 5.56 Å². The first-order valence-corrected chi connectivity index (χ1v) is 10.7. The van der Waals surface area contributed by atoms with E-state index in [1.54, 1.807) is 16.8 Å². The van der Waals surface area contributed by atoms with Gasteiger partial charge in [0.2, 0.25) is 0 Å². The van der Waals surface area contributed by atoms with Crippen molar-refractivity contribution >= 4 is 27.5 Å². The summed E-state index contributed by atoms with van der Waals surface area (Å²) in [6.45, 7) is 6.89. The van der Waals surface area contributed by atoms with Gasteiger partial charge in [0.25, 0.3) is 5.91 Å². The highest BCUT2D eigenvalue weighted by Crippen LogP contribution is 2.27. The van der Waals surface area contributed by atoms with Gasteiger partial charge in [0.1, 0.15) is 5.69 Å². The lowest BCUT2D eigenvalue weighted by Crippen LogP contribution is -2.28. The smallest absolute Gasteiger partial charge is 0.272 e. The molecule has 0 bridgehead atoms. The third-order valence-electron chi connectivity index (χ3n) is 5.07. The largest absolute Gasteiger partial charge is 0.344 e. The number of benzene rings is 1. The number of rotatable bonds is 6. The Labute approximate surface area is 183 Å². The number of aromatic nitrogens is 5. The summed E-state index contributed by atoms with van der Waals surface area (Å²) in [5.74, 6) is -0.225. The average molecular weight is 467 g/mol. The Bertz CT molecular complexity index is 1190. The quantitative estimate of drug-likeness (QED) is 0.451. The third-order valence-corrected chi connectivity index (χ3v) is 5.65. The van der Waals surface area contributed by atoms with Crippen molar-refractivity contribution in [2.24, 2.45) is 0 Å². The van der Waals surface area contributed by atoms with Crippen molar-refractivity contribution < 1.29 is 4.79 Å². The number of halogens is 1. The monoisotopic (exact) mass is 466 g/mol. The molecule has 0 radical (unpaired) electrons. The van der Waals surface area contributed by atoms with Gasteiger partial charge >= 0.3 is 0 Å². The first-order chi connectivity index (χ1) is 14.5. The van der Waals surface area contributed by atoms with Crippen LogP contribution in [0.2, 0.25) is 0 Å². The van der Waals surface area contributed by atoms with E-state index < -0.39 is 0 Å². The van der Waals surface area contributed by atoms with Gasteiger partial charge in [0.05, 0.1) is 16.2 Å². The maximum atomic E-state index is 12.9. The summed E-state index contributed by atoms with van der Waals surface area (Å²) in [7, 11) is 0. The van der Waals surface area contributed by atoms with Gasteiger partial charge in [-0.3, -0.25) is 9.48 Å². The Hall–Kier alpha value is -3.00. The molecule has 1 N–H and O–H groups in total. The molecule has 154 valence electrons. The molecule has 4 aromatic rings. The van der Waals surface area contributed by atoms with E-state index >= 15 is 0 Å². The molecule has 0 aliphatic carbocycles. The molecule has 0 spiro atoms. The maximum absolute atomic E-state index is 12.9. The molecule has 4 rings (SSSR count). The van der Waals surface area contributed by atoms with Crippen LogP contribution in [-0.2, 0) is 6.54 Å². The first kappa shape index (κ1) is 20.3. The minimum Gasteiger partial charge on any atom is -0.344 e. The summed E-state index contributed by atoms with van der Waals surface area (Å²) in [6, 6.07) is 11.7. The first-order valence-electron chi connectivity index (χ1n) is 9.95. The highest BCUT2D eigenvalue weighted by atomic mass is 79.9. The van der Waals surface area contributed by atoms with Crippen LogP contribution in [0.5, 0.6) is 0 Å². The van der Waals surface area contributed by atoms with Crippen LogP contribution in [0.3, 0.4) is 0 Å². The Morgan fingerprint density at radius 2 is 1.93 bits per heavy atom. The van der Waals surface area contributed by atoms with Crippen molar-refractivity contribution in [3.63, 3.8) is 0 Å². The zero-order valence-electron chi connectivity index (χ0n) is 17.1. The molecule has 30 heavy (non-hydrogen) atoms. The van der Waals surface area contributed by atoms with Crippen molar-refractivity contribution in [3.8, 4) is 11.4 Å². The average Bonchev–Trinajstić information content (AvgIpc) is 3.36. The predicted octanol–water partition coefficient (Wildman–Crippen LogP) is 4.56. The summed E-state index contributed by atoms with van der Waals surface area (Å²) < 4.78 is 4.37. The number of fused-ring (bicyclic) bond motifs is 1. The van der Waals surface area contributed by atoms with E-state index in [9.17, 15) is 4.79 Å². The summed E-state index contributed by atoms with van der Waals surface area (Å²) in [5.41, 5.74) is 4.71. The lowest BCUT2D eigenvalue weighted by molar-refractivity contribution is 0.0930. The van der Waals surface area contributed by atoms with Crippen molar-refractivity contribution in [1.29, 1.82) is 0 Å². The van der Waals surface area contributed by atoms with Crippen molar-refractivity contribution in [1.82, 2.24) is 29.7 Å². The summed E-state index contributed by atoms with van der Waals surface area (Å²) >= 11 is 3.56. The van der Waals surface area contributed by atoms with Gasteiger partial charge in [-0.2, -0.15) is 10.2 Å². The summed E-state index contributed by atoms with van der Waals surface area (Å²) in [6.07, 6.45) is 4.41. The van der Waals surface area contributed by atoms with Gasteiger partial charge in [-0.25, -0.2) is 9.50 Å². The molecule has 8 heteroatoms. The normalized spacial score (nSPS) is 12.3. The zero-order valence-corrected chi connectivity index (χ0v) is 18.7. The molecule has 0 aliphatic heterocycles. The lowest BCUT2D eigenvalue weighted by atomic mass is 10.0. The molecule has 0 saturated carbocycles. The predicted molar refractivity (Wildman–Crippen MR) is 119 cm³/mol. The Morgan fingerprint density at radius 3 is 2.60 bits per heavy atom. The molecule has 7 nitrogen and oxygen atoms in total. The van der Waals surface area contributed by atoms with Crippen LogP contribution < -0.4 is 5.32 Å². The summed E-state index contributed by atoms with van der Waals surface area (Å²) in [5, 5.41) is 12.2. The lowest BCUT2D eigenvalue weighted by Gasteiger charge is -2.17. The van der Waals surface area contributed by atoms with E-state index in [-0.39, 0.29) is 11.9 Å². The van der Waals surface area contributed by atoms with Crippen LogP contribution >= 0.6 is 15.9 Å². The van der Waals surface area contributed by atoms with Gasteiger partial charge in [0.15, 0.2) is 11.3 Å². The molecule has 0 fully saturated rings. The molecule has 0 aliphatic rings. The fraction of sp³-hybridized carbons (Fsp3) is 0.273. The van der Waals surface area contributed by atoms with Gasteiger partial charge in [-0.05, 0) is 47.8 Å². The van der Waals surface area contributed by atoms with E-state index in [0.717, 1.165) is 34.4 Å². The van der Waals surface area contributed by atoms with Crippen molar-refractivity contribution in [2.45, 2.75) is 39.8 Å². The zero-order chi connectivity index (χ0) is 21.3. The van der Waals surface area contributed by atoms with Gasteiger partial charge in [-0.1, -0.05) is 36.8 Å². The van der Waals surface area contributed by atoms with E-state index in [2.05, 4.69) is 67.6 Å². The molecule has 3 heterocycles. The number of hydrogen-bond donors (Lipinski definition) is 1. The standard InChI is InChI=1S/C22H23BrN6O/c1-4-17(15-8-6-14(3)7-9-15)25-22(30)18-12-20-24-11-10-19(29(20)26-18)21-16(23)13-28(5-2)27-21/h6-13,17H,4-5H2,1-3H3,(H,25,30). The second-order valence-corrected chi connectivity index (χ2v) is 8.01. The molecular formula is C22H23BrN6O. The van der Waals surface area contributed by atoms with Crippen molar-refractivity contribution in [2.75, 3.05) is 0 Å². The van der Waals surface area contributed by atoms with E-state index in [1.807, 2.05) is 30.8 Å². The number of hydrogen-bond acceptors (Lipinski definition) is 4. The number of amides is 1. The highest BCUT2D eigenvalue weighted by Gasteiger charge is 2.19. The van der Waals surface area contributed by atoms with Gasteiger partial charge < -0.3 is 5.32 Å². The fourth-order valence-corrected chi connectivity index (χ4v) is 3.89. The SMILES string of the molecule is CCC(NC(=O)c1cc2nccc(-c3nn(CC)cc3Br)n2n1)c1ccc(C)cc1. The molecule has 1 aromatic carbocycles. The second-order valence-electron chi connectivity index (χ2n) is 7.16. The topological polar surface area (TPSA) is 77.1 Å². The number of aryl methyl sites for hydroxylation is 2. The van der Waals surface area contributed by atoms with Crippen LogP contribution in [0.1, 0.15) is 47.9 Å². The number of nitrogens with zero attached hydrogens (tertiary/aromatic N) is 5. The number of nitrogens with one attached hydrogen (secondary N) is 1. The van der Waals surface area contributed by atoms with Crippen LogP contribution in [-0.4, -0.2) is 30.3 Å². The van der Waals surface area contributed by atoms with Gasteiger partial charge in [-0.15, -0.1) is 0 Å². The molecule has 1 atom stereocenters. The van der Waals surface area contributed by atoms with Crippen LogP contribution in [0.25, 0.3) is 17.0 Å². The van der Waals surface area contributed by atoms with Crippen LogP contribution in [0, 0.1) is 6.92 Å². The van der Waals surface area contributed by atoms with E-state index in [4.69, 9.17) is 0 Å². The molecule has 3 aromatic heterocycles. The van der Waals surface area contributed by atoms with Gasteiger partial charge in [0, 0.05) is 25.0 Å². The van der Waals surface area contributed by atoms with Crippen LogP contribution in [0.4, 0.5) is 0 Å². The molecule has 1 unspecified atom stereocenters. The van der Waals surface area contributed by atoms with Crippen molar-refractivity contribution in [3.05, 3.63) is 70.1 Å². The Balaban J connectivity index is 1.65. The highest BCUT2D eigenvalue weighted by molar-refractivity contribution is 9.10. The fourth-order valence-electron chi connectivity index (χ4n) is 3.37. The molecule has 1 amide bonds. The number of carbonyl (C=O) groups excluding carboxylic acids is 1.